The van der Waals surface area contributed by atoms with Crippen LogP contribution in [0.4, 0.5) is 0 Å². The minimum absolute atomic E-state index is 0.540. The van der Waals surface area contributed by atoms with Gasteiger partial charge < -0.3 is 4.74 Å². The van der Waals surface area contributed by atoms with Crippen molar-refractivity contribution in [2.75, 3.05) is 0 Å². The van der Waals surface area contributed by atoms with Crippen LogP contribution in [0.3, 0.4) is 0 Å². The molecule has 2 aromatic rings. The predicted molar refractivity (Wildman–Crippen MR) is 98.3 cm³/mol. The Balaban J connectivity index is 2.52. The van der Waals surface area contributed by atoms with Gasteiger partial charge in [-0.3, -0.25) is 0 Å². The molecule has 0 bridgehead atoms. The van der Waals surface area contributed by atoms with E-state index in [0.29, 0.717) is 0 Å². The van der Waals surface area contributed by atoms with Crippen LogP contribution in [-0.2, 0) is 15.9 Å². The number of hydrogen-bond donors (Lipinski definition) is 0. The minimum Gasteiger partial charge on any atom is -0.351 e. The van der Waals surface area contributed by atoms with Gasteiger partial charge in [-0.15, -0.1) is 0 Å². The molecule has 2 rings (SSSR count). The number of rotatable bonds is 8. The van der Waals surface area contributed by atoms with Crippen LogP contribution >= 0.6 is 0 Å². The summed E-state index contributed by atoms with van der Waals surface area (Å²) in [6.45, 7) is 12.4. The second-order valence-electron chi connectivity index (χ2n) is 5.73. The van der Waals surface area contributed by atoms with Crippen LogP contribution in [0.2, 0.25) is 0 Å². The van der Waals surface area contributed by atoms with E-state index < -0.39 is 11.2 Å². The van der Waals surface area contributed by atoms with Gasteiger partial charge in [0.1, 0.15) is 11.2 Å². The maximum atomic E-state index is 6.76. The lowest BCUT2D eigenvalue weighted by molar-refractivity contribution is -0.121. The largest absolute Gasteiger partial charge is 0.351 e. The lowest BCUT2D eigenvalue weighted by Crippen LogP contribution is -2.38. The summed E-state index contributed by atoms with van der Waals surface area (Å²) in [7, 11) is 0. The van der Waals surface area contributed by atoms with E-state index in [4.69, 9.17) is 4.74 Å². The number of ether oxygens (including phenoxy) is 1. The highest BCUT2D eigenvalue weighted by atomic mass is 16.5. The maximum Gasteiger partial charge on any atom is 0.112 e. The van der Waals surface area contributed by atoms with E-state index >= 15 is 0 Å². The molecule has 0 saturated heterocycles. The first-order valence-corrected chi connectivity index (χ1v) is 8.24. The third-order valence-corrected chi connectivity index (χ3v) is 4.60. The van der Waals surface area contributed by atoms with E-state index in [-0.39, 0.29) is 0 Å². The van der Waals surface area contributed by atoms with Crippen LogP contribution in [0.1, 0.15) is 37.8 Å². The Morgan fingerprint density at radius 3 is 1.35 bits per heavy atom. The molecule has 0 aliphatic heterocycles. The van der Waals surface area contributed by atoms with Crippen LogP contribution in [0.5, 0.6) is 0 Å². The first-order chi connectivity index (χ1) is 11.2. The fourth-order valence-corrected chi connectivity index (χ4v) is 3.04. The van der Waals surface area contributed by atoms with Crippen molar-refractivity contribution in [2.24, 2.45) is 0 Å². The Labute approximate surface area is 140 Å². The third-order valence-electron chi connectivity index (χ3n) is 4.60. The zero-order chi connectivity index (χ0) is 16.8. The Hall–Kier alpha value is -2.12. The fourth-order valence-electron chi connectivity index (χ4n) is 3.04. The lowest BCUT2D eigenvalue weighted by atomic mass is 9.85. The summed E-state index contributed by atoms with van der Waals surface area (Å²) in [5, 5.41) is 0. The molecule has 120 valence electrons. The quantitative estimate of drug-likeness (QED) is 0.545. The average Bonchev–Trinajstić information content (AvgIpc) is 2.65. The van der Waals surface area contributed by atoms with E-state index in [0.717, 1.165) is 24.0 Å². The summed E-state index contributed by atoms with van der Waals surface area (Å²) >= 11 is 0. The summed E-state index contributed by atoms with van der Waals surface area (Å²) in [6.07, 6.45) is 5.45. The van der Waals surface area contributed by atoms with Gasteiger partial charge in [-0.1, -0.05) is 99.8 Å². The topological polar surface area (TPSA) is 9.23 Å². The normalized spacial score (nSPS) is 16.1. The molecule has 0 fully saturated rings. The van der Waals surface area contributed by atoms with Crippen LogP contribution in [0.25, 0.3) is 0 Å². The molecular formula is C22H26O. The lowest BCUT2D eigenvalue weighted by Gasteiger charge is -2.41. The van der Waals surface area contributed by atoms with Crippen molar-refractivity contribution in [3.63, 3.8) is 0 Å². The van der Waals surface area contributed by atoms with E-state index in [1.165, 1.54) is 0 Å². The molecule has 2 atom stereocenters. The average molecular weight is 306 g/mol. The van der Waals surface area contributed by atoms with Crippen molar-refractivity contribution in [2.45, 2.75) is 37.9 Å². The molecule has 0 aromatic heterocycles. The smallest absolute Gasteiger partial charge is 0.112 e. The predicted octanol–water partition coefficient (Wildman–Crippen LogP) is 5.99. The SMILES string of the molecule is C=CC(CC)(OC(C=C)(CC)c1ccccc1)c1ccccc1. The van der Waals surface area contributed by atoms with Crippen molar-refractivity contribution < 1.29 is 4.74 Å². The van der Waals surface area contributed by atoms with Gasteiger partial charge >= 0.3 is 0 Å². The standard InChI is InChI=1S/C22H26O/c1-5-21(6-2,19-15-11-9-12-16-19)23-22(7-3,8-4)20-17-13-10-14-18-20/h5,7,9-18H,1,3,6,8H2,2,4H3. The van der Waals surface area contributed by atoms with Gasteiger partial charge in [-0.2, -0.15) is 0 Å². The molecule has 0 heterocycles. The van der Waals surface area contributed by atoms with Crippen molar-refractivity contribution in [3.8, 4) is 0 Å². The number of benzene rings is 2. The van der Waals surface area contributed by atoms with Crippen LogP contribution in [-0.4, -0.2) is 0 Å². The zero-order valence-electron chi connectivity index (χ0n) is 14.2. The molecular weight excluding hydrogens is 280 g/mol. The van der Waals surface area contributed by atoms with Gasteiger partial charge in [0.15, 0.2) is 0 Å². The van der Waals surface area contributed by atoms with Crippen LogP contribution in [0.15, 0.2) is 86.0 Å². The van der Waals surface area contributed by atoms with E-state index in [9.17, 15) is 0 Å². The first-order valence-electron chi connectivity index (χ1n) is 8.24. The summed E-state index contributed by atoms with van der Waals surface area (Å²) in [6, 6.07) is 20.6. The van der Waals surface area contributed by atoms with Gasteiger partial charge in [0.05, 0.1) is 0 Å². The monoisotopic (exact) mass is 306 g/mol. The Kier molecular flexibility index (Phi) is 5.57. The molecule has 23 heavy (non-hydrogen) atoms. The molecule has 1 nitrogen and oxygen atoms in total. The van der Waals surface area contributed by atoms with Crippen LogP contribution < -0.4 is 0 Å². The molecule has 1 heteroatoms. The maximum absolute atomic E-state index is 6.76. The zero-order valence-corrected chi connectivity index (χ0v) is 14.2. The molecule has 0 amide bonds. The summed E-state index contributed by atoms with van der Waals surface area (Å²) in [4.78, 5) is 0. The highest BCUT2D eigenvalue weighted by Crippen LogP contribution is 2.42. The van der Waals surface area contributed by atoms with E-state index in [1.54, 1.807) is 0 Å². The van der Waals surface area contributed by atoms with Crippen molar-refractivity contribution >= 4 is 0 Å². The summed E-state index contributed by atoms with van der Waals surface area (Å²) in [5.74, 6) is 0. The molecule has 0 aliphatic rings. The summed E-state index contributed by atoms with van der Waals surface area (Å²) in [5.41, 5.74) is 1.16. The minimum atomic E-state index is -0.540. The fraction of sp³-hybridized carbons (Fsp3) is 0.273. The van der Waals surface area contributed by atoms with Gasteiger partial charge in [0, 0.05) is 0 Å². The number of hydrogen-bond acceptors (Lipinski definition) is 1. The van der Waals surface area contributed by atoms with Crippen molar-refractivity contribution in [1.82, 2.24) is 0 Å². The van der Waals surface area contributed by atoms with Crippen molar-refractivity contribution in [3.05, 3.63) is 97.1 Å². The van der Waals surface area contributed by atoms with E-state index in [1.807, 2.05) is 48.6 Å². The molecule has 0 saturated carbocycles. The van der Waals surface area contributed by atoms with Gasteiger partial charge in [0.2, 0.25) is 0 Å². The van der Waals surface area contributed by atoms with Gasteiger partial charge in [-0.05, 0) is 24.0 Å². The summed E-state index contributed by atoms with van der Waals surface area (Å²) < 4.78 is 6.76. The molecule has 0 spiro atoms. The Bertz CT molecular complexity index is 574. The van der Waals surface area contributed by atoms with Gasteiger partial charge in [-0.25, -0.2) is 0 Å². The first kappa shape index (κ1) is 17.2. The van der Waals surface area contributed by atoms with Gasteiger partial charge in [0.25, 0.3) is 0 Å². The molecule has 0 radical (unpaired) electrons. The Morgan fingerprint density at radius 2 is 1.09 bits per heavy atom. The molecule has 0 aliphatic carbocycles. The van der Waals surface area contributed by atoms with Crippen LogP contribution in [0, 0.1) is 0 Å². The molecule has 2 aromatic carbocycles. The molecule has 2 unspecified atom stereocenters. The highest BCUT2D eigenvalue weighted by Gasteiger charge is 2.38. The second-order valence-corrected chi connectivity index (χ2v) is 5.73. The second kappa shape index (κ2) is 7.43. The third kappa shape index (κ3) is 3.30. The highest BCUT2D eigenvalue weighted by molar-refractivity contribution is 5.31. The van der Waals surface area contributed by atoms with E-state index in [2.05, 4.69) is 51.3 Å². The van der Waals surface area contributed by atoms with Crippen molar-refractivity contribution in [1.29, 1.82) is 0 Å². The Morgan fingerprint density at radius 1 is 0.739 bits per heavy atom. The molecule has 0 N–H and O–H groups in total.